The number of fused-ring (bicyclic) bond motifs is 1. The van der Waals surface area contributed by atoms with E-state index in [0.717, 1.165) is 18.4 Å². The predicted octanol–water partition coefficient (Wildman–Crippen LogP) is 4.31. The molecule has 1 N–H and O–H groups in total. The van der Waals surface area contributed by atoms with Crippen LogP contribution in [-0.4, -0.2) is 5.11 Å². The van der Waals surface area contributed by atoms with Gasteiger partial charge in [0, 0.05) is 0 Å². The Morgan fingerprint density at radius 3 is 2.24 bits per heavy atom. The number of rotatable bonds is 4. The van der Waals surface area contributed by atoms with Crippen LogP contribution in [0.1, 0.15) is 38.4 Å². The van der Waals surface area contributed by atoms with Crippen LogP contribution in [0.15, 0.2) is 42.5 Å². The Hall–Kier alpha value is -1.34. The molecule has 17 heavy (non-hydrogen) atoms. The smallest absolute Gasteiger partial charge is 0.0818 e. The Labute approximate surface area is 103 Å². The maximum absolute atomic E-state index is 10.3. The van der Waals surface area contributed by atoms with Crippen molar-refractivity contribution in [3.05, 3.63) is 48.0 Å². The van der Waals surface area contributed by atoms with Gasteiger partial charge in [0.1, 0.15) is 0 Å². The van der Waals surface area contributed by atoms with Gasteiger partial charge in [0.05, 0.1) is 6.10 Å². The van der Waals surface area contributed by atoms with Gasteiger partial charge in [-0.1, -0.05) is 63.1 Å². The molecule has 0 saturated heterocycles. The molecule has 0 heterocycles. The van der Waals surface area contributed by atoms with Crippen LogP contribution in [-0.2, 0) is 0 Å². The minimum atomic E-state index is -0.338. The lowest BCUT2D eigenvalue weighted by Crippen LogP contribution is -2.10. The Balaban J connectivity index is 2.35. The normalized spacial score (nSPS) is 13.2. The average Bonchev–Trinajstić information content (AvgIpc) is 2.39. The molecular weight excluding hydrogens is 208 g/mol. The van der Waals surface area contributed by atoms with Crippen molar-refractivity contribution in [1.82, 2.24) is 0 Å². The van der Waals surface area contributed by atoms with E-state index in [1.165, 1.54) is 10.8 Å². The van der Waals surface area contributed by atoms with E-state index < -0.39 is 0 Å². The summed E-state index contributed by atoms with van der Waals surface area (Å²) in [6, 6.07) is 14.5. The fourth-order valence-corrected chi connectivity index (χ4v) is 2.40. The second kappa shape index (κ2) is 5.33. The third-order valence-electron chi connectivity index (χ3n) is 3.61. The van der Waals surface area contributed by atoms with Crippen molar-refractivity contribution in [1.29, 1.82) is 0 Å². The number of aliphatic hydroxyl groups is 1. The summed E-state index contributed by atoms with van der Waals surface area (Å²) in [5.74, 6) is 0.358. The van der Waals surface area contributed by atoms with E-state index in [4.69, 9.17) is 0 Å². The molecule has 2 rings (SSSR count). The second-order valence-corrected chi connectivity index (χ2v) is 4.63. The molecule has 0 radical (unpaired) electrons. The van der Waals surface area contributed by atoms with Crippen LogP contribution in [0.5, 0.6) is 0 Å². The van der Waals surface area contributed by atoms with E-state index in [-0.39, 0.29) is 6.10 Å². The molecule has 0 spiro atoms. The van der Waals surface area contributed by atoms with Crippen LogP contribution >= 0.6 is 0 Å². The topological polar surface area (TPSA) is 20.2 Å². The highest BCUT2D eigenvalue weighted by molar-refractivity contribution is 5.83. The summed E-state index contributed by atoms with van der Waals surface area (Å²) >= 11 is 0. The van der Waals surface area contributed by atoms with Crippen LogP contribution in [0.25, 0.3) is 10.8 Å². The molecular formula is C16H20O. The lowest BCUT2D eigenvalue weighted by molar-refractivity contribution is 0.103. The Kier molecular flexibility index (Phi) is 3.80. The maximum Gasteiger partial charge on any atom is 0.0818 e. The largest absolute Gasteiger partial charge is 0.388 e. The van der Waals surface area contributed by atoms with Crippen LogP contribution in [0, 0.1) is 5.92 Å². The van der Waals surface area contributed by atoms with Crippen LogP contribution in [0.2, 0.25) is 0 Å². The lowest BCUT2D eigenvalue weighted by atomic mass is 9.90. The van der Waals surface area contributed by atoms with Crippen molar-refractivity contribution < 1.29 is 5.11 Å². The van der Waals surface area contributed by atoms with Gasteiger partial charge in [-0.15, -0.1) is 0 Å². The molecule has 2 aromatic carbocycles. The van der Waals surface area contributed by atoms with Gasteiger partial charge in [-0.2, -0.15) is 0 Å². The van der Waals surface area contributed by atoms with Crippen LogP contribution < -0.4 is 0 Å². The molecule has 0 saturated carbocycles. The van der Waals surface area contributed by atoms with Gasteiger partial charge in [0.15, 0.2) is 0 Å². The standard InChI is InChI=1S/C16H20O/c1-3-12(4-2)16(17)15-10-9-13-7-5-6-8-14(13)11-15/h5-12,16-17H,3-4H2,1-2H3. The first-order chi connectivity index (χ1) is 8.26. The summed E-state index contributed by atoms with van der Waals surface area (Å²) in [6.07, 6.45) is 1.70. The van der Waals surface area contributed by atoms with E-state index in [9.17, 15) is 5.11 Å². The van der Waals surface area contributed by atoms with E-state index in [2.05, 4.69) is 38.1 Å². The van der Waals surface area contributed by atoms with Gasteiger partial charge in [0.2, 0.25) is 0 Å². The fourth-order valence-electron chi connectivity index (χ4n) is 2.40. The second-order valence-electron chi connectivity index (χ2n) is 4.63. The minimum Gasteiger partial charge on any atom is -0.388 e. The molecule has 0 aliphatic rings. The zero-order valence-corrected chi connectivity index (χ0v) is 10.6. The first kappa shape index (κ1) is 12.1. The first-order valence-electron chi connectivity index (χ1n) is 6.43. The summed E-state index contributed by atoms with van der Waals surface area (Å²) in [5.41, 5.74) is 1.04. The zero-order chi connectivity index (χ0) is 12.3. The first-order valence-corrected chi connectivity index (χ1v) is 6.43. The number of benzene rings is 2. The monoisotopic (exact) mass is 228 g/mol. The van der Waals surface area contributed by atoms with E-state index in [0.29, 0.717) is 5.92 Å². The van der Waals surface area contributed by atoms with E-state index in [1.54, 1.807) is 0 Å². The quantitative estimate of drug-likeness (QED) is 0.826. The molecule has 1 nitrogen and oxygen atoms in total. The molecule has 0 aliphatic carbocycles. The van der Waals surface area contributed by atoms with Gasteiger partial charge < -0.3 is 5.11 Å². The average molecular weight is 228 g/mol. The Morgan fingerprint density at radius 1 is 0.941 bits per heavy atom. The van der Waals surface area contributed by atoms with Crippen LogP contribution in [0.4, 0.5) is 0 Å². The molecule has 0 aliphatic heterocycles. The van der Waals surface area contributed by atoms with Gasteiger partial charge >= 0.3 is 0 Å². The summed E-state index contributed by atoms with van der Waals surface area (Å²) in [6.45, 7) is 4.27. The molecule has 1 unspecified atom stereocenters. The van der Waals surface area contributed by atoms with Gasteiger partial charge in [-0.05, 0) is 28.3 Å². The SMILES string of the molecule is CCC(CC)C(O)c1ccc2ccccc2c1. The van der Waals surface area contributed by atoms with Gasteiger partial charge in [-0.3, -0.25) is 0 Å². The number of aliphatic hydroxyl groups excluding tert-OH is 1. The highest BCUT2D eigenvalue weighted by atomic mass is 16.3. The molecule has 1 heteroatoms. The van der Waals surface area contributed by atoms with Crippen molar-refractivity contribution in [3.8, 4) is 0 Å². The van der Waals surface area contributed by atoms with Crippen molar-refractivity contribution in [2.75, 3.05) is 0 Å². The summed E-state index contributed by atoms with van der Waals surface area (Å²) < 4.78 is 0. The third kappa shape index (κ3) is 2.50. The Bertz CT molecular complexity index is 486. The number of hydrogen-bond donors (Lipinski definition) is 1. The van der Waals surface area contributed by atoms with E-state index in [1.807, 2.05) is 18.2 Å². The van der Waals surface area contributed by atoms with Crippen molar-refractivity contribution in [3.63, 3.8) is 0 Å². The van der Waals surface area contributed by atoms with Crippen molar-refractivity contribution in [2.45, 2.75) is 32.8 Å². The molecule has 0 bridgehead atoms. The molecule has 1 atom stereocenters. The molecule has 0 amide bonds. The summed E-state index contributed by atoms with van der Waals surface area (Å²) in [4.78, 5) is 0. The fraction of sp³-hybridized carbons (Fsp3) is 0.375. The lowest BCUT2D eigenvalue weighted by Gasteiger charge is -2.20. The van der Waals surface area contributed by atoms with E-state index >= 15 is 0 Å². The molecule has 90 valence electrons. The third-order valence-corrected chi connectivity index (χ3v) is 3.61. The predicted molar refractivity (Wildman–Crippen MR) is 73.0 cm³/mol. The summed E-state index contributed by atoms with van der Waals surface area (Å²) in [7, 11) is 0. The van der Waals surface area contributed by atoms with Crippen molar-refractivity contribution in [2.24, 2.45) is 5.92 Å². The molecule has 0 fully saturated rings. The van der Waals surface area contributed by atoms with Gasteiger partial charge in [0.25, 0.3) is 0 Å². The highest BCUT2D eigenvalue weighted by Gasteiger charge is 2.17. The summed E-state index contributed by atoms with van der Waals surface area (Å²) in [5, 5.41) is 12.8. The zero-order valence-electron chi connectivity index (χ0n) is 10.6. The van der Waals surface area contributed by atoms with Gasteiger partial charge in [-0.25, -0.2) is 0 Å². The molecule has 0 aromatic heterocycles. The van der Waals surface area contributed by atoms with Crippen LogP contribution in [0.3, 0.4) is 0 Å². The maximum atomic E-state index is 10.3. The number of hydrogen-bond acceptors (Lipinski definition) is 1. The minimum absolute atomic E-state index is 0.338. The van der Waals surface area contributed by atoms with Crippen molar-refractivity contribution >= 4 is 10.8 Å². The molecule has 2 aromatic rings. The highest BCUT2D eigenvalue weighted by Crippen LogP contribution is 2.29. The Morgan fingerprint density at radius 2 is 1.59 bits per heavy atom.